The van der Waals surface area contributed by atoms with Crippen molar-refractivity contribution in [1.29, 1.82) is 5.26 Å². The smallest absolute Gasteiger partial charge is 0.266 e. The Labute approximate surface area is 94.7 Å². The minimum Gasteiger partial charge on any atom is -0.295 e. The summed E-state index contributed by atoms with van der Waals surface area (Å²) in [4.78, 5) is 11.2. The fourth-order valence-electron chi connectivity index (χ4n) is 1.47. The van der Waals surface area contributed by atoms with Crippen LogP contribution in [0.2, 0.25) is 0 Å². The highest BCUT2D eigenvalue weighted by molar-refractivity contribution is 5.61. The van der Waals surface area contributed by atoms with E-state index in [1.165, 1.54) is 13.1 Å². The number of aromatic nitrogens is 2. The molecule has 0 unspecified atom stereocenters. The standard InChI is InChI=1S/C11H7F2N3O/c1-16-11(17)4-10(15-16)7-3-8(12)6(5-14)2-9(7)13/h2-4,15H,1H3. The number of hydrogen-bond donors (Lipinski definition) is 1. The van der Waals surface area contributed by atoms with E-state index in [0.29, 0.717) is 0 Å². The molecule has 0 fully saturated rings. The molecule has 86 valence electrons. The van der Waals surface area contributed by atoms with E-state index in [9.17, 15) is 13.6 Å². The van der Waals surface area contributed by atoms with E-state index in [1.54, 1.807) is 0 Å². The molecule has 4 nitrogen and oxygen atoms in total. The van der Waals surface area contributed by atoms with Gasteiger partial charge in [0.25, 0.3) is 5.56 Å². The van der Waals surface area contributed by atoms with Crippen molar-refractivity contribution in [3.8, 4) is 17.3 Å². The first-order valence-corrected chi connectivity index (χ1v) is 4.68. The van der Waals surface area contributed by atoms with Gasteiger partial charge in [0, 0.05) is 18.7 Å². The van der Waals surface area contributed by atoms with Crippen LogP contribution < -0.4 is 5.56 Å². The number of nitrogens with zero attached hydrogens (tertiary/aromatic N) is 2. The number of aromatic amines is 1. The molecule has 0 saturated carbocycles. The van der Waals surface area contributed by atoms with Gasteiger partial charge in [0.2, 0.25) is 0 Å². The van der Waals surface area contributed by atoms with Gasteiger partial charge in [0.1, 0.15) is 17.7 Å². The predicted octanol–water partition coefficient (Wildman–Crippen LogP) is 1.53. The molecule has 0 bridgehead atoms. The van der Waals surface area contributed by atoms with Crippen molar-refractivity contribution in [3.05, 3.63) is 45.8 Å². The Morgan fingerprint density at radius 2 is 2.00 bits per heavy atom. The second-order valence-corrected chi connectivity index (χ2v) is 3.49. The lowest BCUT2D eigenvalue weighted by Gasteiger charge is -2.02. The minimum atomic E-state index is -0.825. The second-order valence-electron chi connectivity index (χ2n) is 3.49. The molecule has 1 aromatic heterocycles. The summed E-state index contributed by atoms with van der Waals surface area (Å²) in [5.74, 6) is -1.58. The van der Waals surface area contributed by atoms with Gasteiger partial charge >= 0.3 is 0 Å². The summed E-state index contributed by atoms with van der Waals surface area (Å²) in [5, 5.41) is 11.1. The number of nitrogens with one attached hydrogen (secondary N) is 1. The molecular formula is C11H7F2N3O. The molecule has 0 atom stereocenters. The molecule has 0 aliphatic rings. The summed E-state index contributed by atoms with van der Waals surface area (Å²) in [6, 6.07) is 4.39. The maximum Gasteiger partial charge on any atom is 0.266 e. The summed E-state index contributed by atoms with van der Waals surface area (Å²) in [5.41, 5.74) is -0.647. The zero-order valence-electron chi connectivity index (χ0n) is 8.79. The lowest BCUT2D eigenvalue weighted by atomic mass is 10.1. The number of H-pyrrole nitrogens is 1. The van der Waals surface area contributed by atoms with E-state index in [0.717, 1.165) is 22.9 Å². The van der Waals surface area contributed by atoms with Gasteiger partial charge < -0.3 is 0 Å². The average Bonchev–Trinajstić information content (AvgIpc) is 2.61. The van der Waals surface area contributed by atoms with Gasteiger partial charge in [-0.25, -0.2) is 8.78 Å². The number of nitriles is 1. The fraction of sp³-hybridized carbons (Fsp3) is 0.0909. The van der Waals surface area contributed by atoms with E-state index in [-0.39, 0.29) is 22.4 Å². The number of rotatable bonds is 1. The summed E-state index contributed by atoms with van der Waals surface area (Å²) >= 11 is 0. The molecule has 0 amide bonds. The van der Waals surface area contributed by atoms with Crippen LogP contribution in [0.1, 0.15) is 5.56 Å². The number of hydrogen-bond acceptors (Lipinski definition) is 2. The largest absolute Gasteiger partial charge is 0.295 e. The van der Waals surface area contributed by atoms with Gasteiger partial charge in [-0.2, -0.15) is 5.26 Å². The van der Waals surface area contributed by atoms with Gasteiger partial charge in [0.05, 0.1) is 11.3 Å². The van der Waals surface area contributed by atoms with Crippen molar-refractivity contribution >= 4 is 0 Å². The predicted molar refractivity (Wildman–Crippen MR) is 56.1 cm³/mol. The molecule has 2 rings (SSSR count). The van der Waals surface area contributed by atoms with E-state index in [1.807, 2.05) is 0 Å². The van der Waals surface area contributed by atoms with Gasteiger partial charge in [-0.05, 0) is 12.1 Å². The van der Waals surface area contributed by atoms with Gasteiger partial charge in [-0.1, -0.05) is 0 Å². The molecule has 1 aromatic carbocycles. The number of aryl methyl sites for hydroxylation is 1. The van der Waals surface area contributed by atoms with Crippen LogP contribution >= 0.6 is 0 Å². The fourth-order valence-corrected chi connectivity index (χ4v) is 1.47. The van der Waals surface area contributed by atoms with Crippen LogP contribution in [0.4, 0.5) is 8.78 Å². The third-order valence-electron chi connectivity index (χ3n) is 2.35. The van der Waals surface area contributed by atoms with Crippen molar-refractivity contribution < 1.29 is 8.78 Å². The van der Waals surface area contributed by atoms with E-state index < -0.39 is 11.6 Å². The highest BCUT2D eigenvalue weighted by atomic mass is 19.1. The maximum atomic E-state index is 13.6. The van der Waals surface area contributed by atoms with Crippen LogP contribution in [0.3, 0.4) is 0 Å². The number of benzene rings is 1. The maximum absolute atomic E-state index is 13.6. The monoisotopic (exact) mass is 235 g/mol. The molecule has 0 spiro atoms. The van der Waals surface area contributed by atoms with Crippen molar-refractivity contribution in [3.63, 3.8) is 0 Å². The average molecular weight is 235 g/mol. The van der Waals surface area contributed by atoms with Crippen LogP contribution in [0, 0.1) is 23.0 Å². The Bertz CT molecular complexity index is 679. The summed E-state index contributed by atoms with van der Waals surface area (Å²) in [7, 11) is 1.46. The van der Waals surface area contributed by atoms with E-state index in [4.69, 9.17) is 5.26 Å². The first kappa shape index (κ1) is 11.1. The van der Waals surface area contributed by atoms with Crippen LogP contribution in [0.25, 0.3) is 11.3 Å². The van der Waals surface area contributed by atoms with Gasteiger partial charge in [0.15, 0.2) is 0 Å². The minimum absolute atomic E-state index is 0.0841. The topological polar surface area (TPSA) is 61.6 Å². The lowest BCUT2D eigenvalue weighted by Crippen LogP contribution is -2.09. The van der Waals surface area contributed by atoms with Crippen LogP contribution in [-0.4, -0.2) is 9.78 Å². The van der Waals surface area contributed by atoms with Gasteiger partial charge in [-0.15, -0.1) is 0 Å². The summed E-state index contributed by atoms with van der Waals surface area (Å²) in [6.07, 6.45) is 0. The quantitative estimate of drug-likeness (QED) is 0.814. The van der Waals surface area contributed by atoms with E-state index >= 15 is 0 Å². The van der Waals surface area contributed by atoms with Crippen molar-refractivity contribution in [1.82, 2.24) is 9.78 Å². The van der Waals surface area contributed by atoms with E-state index in [2.05, 4.69) is 5.10 Å². The first-order valence-electron chi connectivity index (χ1n) is 4.68. The van der Waals surface area contributed by atoms with Crippen molar-refractivity contribution in [2.24, 2.45) is 7.05 Å². The zero-order valence-corrected chi connectivity index (χ0v) is 8.79. The lowest BCUT2D eigenvalue weighted by molar-refractivity contribution is 0.599. The molecule has 1 heterocycles. The third kappa shape index (κ3) is 1.83. The molecule has 17 heavy (non-hydrogen) atoms. The Morgan fingerprint density at radius 3 is 2.53 bits per heavy atom. The van der Waals surface area contributed by atoms with Gasteiger partial charge in [-0.3, -0.25) is 14.6 Å². The summed E-state index contributed by atoms with van der Waals surface area (Å²) < 4.78 is 28.1. The first-order chi connectivity index (χ1) is 8.02. The molecule has 0 saturated heterocycles. The molecule has 1 N–H and O–H groups in total. The molecule has 0 aliphatic heterocycles. The molecule has 6 heteroatoms. The SMILES string of the molecule is Cn1[nH]c(-c2cc(F)c(C#N)cc2F)cc1=O. The highest BCUT2D eigenvalue weighted by Gasteiger charge is 2.13. The second kappa shape index (κ2) is 3.87. The molecular weight excluding hydrogens is 228 g/mol. The van der Waals surface area contributed by atoms with Crippen LogP contribution in [0.5, 0.6) is 0 Å². The highest BCUT2D eigenvalue weighted by Crippen LogP contribution is 2.22. The number of halogens is 2. The third-order valence-corrected chi connectivity index (χ3v) is 2.35. The van der Waals surface area contributed by atoms with Crippen molar-refractivity contribution in [2.75, 3.05) is 0 Å². The Hall–Kier alpha value is -2.42. The van der Waals surface area contributed by atoms with Crippen LogP contribution in [0.15, 0.2) is 23.0 Å². The zero-order chi connectivity index (χ0) is 12.6. The Balaban J connectivity index is 2.65. The normalized spacial score (nSPS) is 10.2. The molecule has 0 aliphatic carbocycles. The molecule has 0 radical (unpaired) electrons. The summed E-state index contributed by atoms with van der Waals surface area (Å²) in [6.45, 7) is 0. The van der Waals surface area contributed by atoms with Crippen molar-refractivity contribution in [2.45, 2.75) is 0 Å². The Kier molecular flexibility index (Phi) is 2.52. The van der Waals surface area contributed by atoms with Crippen LogP contribution in [-0.2, 0) is 7.05 Å². The molecule has 2 aromatic rings. The Morgan fingerprint density at radius 1 is 1.29 bits per heavy atom.